The molecule has 5 rings (SSSR count). The number of imidazole rings is 1. The highest BCUT2D eigenvalue weighted by Gasteiger charge is 2.16. The quantitative estimate of drug-likeness (QED) is 0.264. The second-order valence-electron chi connectivity index (χ2n) is 9.79. The number of carbonyl (C=O) groups is 1. The van der Waals surface area contributed by atoms with Gasteiger partial charge in [0.25, 0.3) is 0 Å². The molecule has 0 aliphatic heterocycles. The van der Waals surface area contributed by atoms with Gasteiger partial charge in [0.15, 0.2) is 0 Å². The maximum atomic E-state index is 11.1. The average molecular weight is 493 g/mol. The van der Waals surface area contributed by atoms with E-state index in [2.05, 4.69) is 42.3 Å². The minimum Gasteiger partial charge on any atom is -0.489 e. The minimum absolute atomic E-state index is 0.0159. The molecule has 1 aliphatic rings. The molecule has 0 radical (unpaired) electrons. The molecule has 0 spiro atoms. The van der Waals surface area contributed by atoms with Crippen molar-refractivity contribution in [1.82, 2.24) is 9.38 Å². The van der Waals surface area contributed by atoms with Crippen molar-refractivity contribution in [3.8, 4) is 28.8 Å². The van der Waals surface area contributed by atoms with Gasteiger partial charge in [-0.1, -0.05) is 61.6 Å². The Hall–Kier alpha value is -4.04. The van der Waals surface area contributed by atoms with Crippen LogP contribution in [0.25, 0.3) is 16.9 Å². The third-order valence-electron chi connectivity index (χ3n) is 7.19. The molecule has 5 nitrogen and oxygen atoms in total. The predicted molar refractivity (Wildman–Crippen MR) is 146 cm³/mol. The van der Waals surface area contributed by atoms with Gasteiger partial charge in [0.05, 0.1) is 18.0 Å². The van der Waals surface area contributed by atoms with E-state index in [0.717, 1.165) is 33.8 Å². The number of aromatic nitrogens is 2. The summed E-state index contributed by atoms with van der Waals surface area (Å²) >= 11 is 0. The second-order valence-corrected chi connectivity index (χ2v) is 9.79. The van der Waals surface area contributed by atoms with Gasteiger partial charge in [-0.2, -0.15) is 0 Å². The fourth-order valence-corrected chi connectivity index (χ4v) is 5.18. The lowest BCUT2D eigenvalue weighted by Crippen LogP contribution is -2.04. The largest absolute Gasteiger partial charge is 0.489 e. The van der Waals surface area contributed by atoms with E-state index in [-0.39, 0.29) is 12.3 Å². The monoisotopic (exact) mass is 492 g/mol. The zero-order chi connectivity index (χ0) is 25.6. The first-order valence-corrected chi connectivity index (χ1v) is 13.0. The summed E-state index contributed by atoms with van der Waals surface area (Å²) in [6.45, 7) is 2.14. The molecule has 5 heteroatoms. The fraction of sp³-hybridized carbons (Fsp3) is 0.312. The van der Waals surface area contributed by atoms with E-state index in [1.165, 1.54) is 37.7 Å². The molecule has 0 amide bonds. The SMILES string of the molecule is CC#CC(CC(=O)O)c1ccc(OCc2ccn3cc(-c4ccc(C5CCCCC5)cc4)nc3c2)cc1. The van der Waals surface area contributed by atoms with E-state index in [1.54, 1.807) is 6.92 Å². The molecule has 0 saturated heterocycles. The van der Waals surface area contributed by atoms with Gasteiger partial charge in [0.2, 0.25) is 0 Å². The lowest BCUT2D eigenvalue weighted by Gasteiger charge is -2.21. The standard InChI is InChI=1S/C32H32N2O3/c1-2-6-28(20-32(35)36)26-13-15-29(16-14-26)37-22-23-17-18-34-21-30(33-31(34)19-23)27-11-9-25(10-12-27)24-7-4-3-5-8-24/h9-19,21,24,28H,3-5,7-8,20,22H2,1H3,(H,35,36). The first-order valence-electron chi connectivity index (χ1n) is 13.0. The average Bonchev–Trinajstić information content (AvgIpc) is 3.36. The van der Waals surface area contributed by atoms with Crippen LogP contribution in [0.4, 0.5) is 0 Å². The molecule has 1 aliphatic carbocycles. The van der Waals surface area contributed by atoms with Gasteiger partial charge in [-0.15, -0.1) is 5.92 Å². The van der Waals surface area contributed by atoms with Crippen LogP contribution in [0, 0.1) is 11.8 Å². The van der Waals surface area contributed by atoms with Gasteiger partial charge in [-0.3, -0.25) is 4.79 Å². The van der Waals surface area contributed by atoms with Crippen LogP contribution < -0.4 is 4.74 Å². The summed E-state index contributed by atoms with van der Waals surface area (Å²) in [6, 6.07) is 20.5. The van der Waals surface area contributed by atoms with Gasteiger partial charge in [-0.05, 0) is 66.6 Å². The highest BCUT2D eigenvalue weighted by atomic mass is 16.5. The van der Waals surface area contributed by atoms with Crippen molar-refractivity contribution < 1.29 is 14.6 Å². The van der Waals surface area contributed by atoms with Crippen molar-refractivity contribution in [2.45, 2.75) is 63.9 Å². The Kier molecular flexibility index (Phi) is 7.56. The number of ether oxygens (including phenoxy) is 1. The van der Waals surface area contributed by atoms with Gasteiger partial charge < -0.3 is 14.2 Å². The number of rotatable bonds is 8. The maximum Gasteiger partial charge on any atom is 0.304 e. The number of benzene rings is 2. The highest BCUT2D eigenvalue weighted by molar-refractivity contribution is 5.69. The lowest BCUT2D eigenvalue weighted by atomic mass is 9.84. The molecule has 1 atom stereocenters. The van der Waals surface area contributed by atoms with E-state index >= 15 is 0 Å². The van der Waals surface area contributed by atoms with Crippen molar-refractivity contribution in [2.75, 3.05) is 0 Å². The molecular formula is C32H32N2O3. The number of aliphatic carboxylic acids is 1. The van der Waals surface area contributed by atoms with Gasteiger partial charge in [-0.25, -0.2) is 4.98 Å². The van der Waals surface area contributed by atoms with Crippen LogP contribution >= 0.6 is 0 Å². The Balaban J connectivity index is 1.24. The zero-order valence-corrected chi connectivity index (χ0v) is 21.2. The van der Waals surface area contributed by atoms with E-state index in [1.807, 2.05) is 47.0 Å². The third kappa shape index (κ3) is 6.03. The molecule has 0 bridgehead atoms. The summed E-state index contributed by atoms with van der Waals surface area (Å²) in [4.78, 5) is 16.0. The van der Waals surface area contributed by atoms with E-state index in [4.69, 9.17) is 14.8 Å². The van der Waals surface area contributed by atoms with Crippen LogP contribution in [0.2, 0.25) is 0 Å². The van der Waals surface area contributed by atoms with Crippen molar-refractivity contribution >= 4 is 11.6 Å². The van der Waals surface area contributed by atoms with Gasteiger partial charge in [0, 0.05) is 18.0 Å². The Labute approximate surface area is 218 Å². The summed E-state index contributed by atoms with van der Waals surface area (Å²) in [5.41, 5.74) is 6.35. The fourth-order valence-electron chi connectivity index (χ4n) is 5.18. The Morgan fingerprint density at radius 1 is 1.08 bits per heavy atom. The van der Waals surface area contributed by atoms with Crippen molar-refractivity contribution in [2.24, 2.45) is 0 Å². The van der Waals surface area contributed by atoms with Crippen molar-refractivity contribution in [1.29, 1.82) is 0 Å². The summed E-state index contributed by atoms with van der Waals surface area (Å²) in [7, 11) is 0. The summed E-state index contributed by atoms with van der Waals surface area (Å²) in [5, 5.41) is 9.14. The van der Waals surface area contributed by atoms with Crippen LogP contribution in [0.5, 0.6) is 5.75 Å². The smallest absolute Gasteiger partial charge is 0.304 e. The summed E-state index contributed by atoms with van der Waals surface area (Å²) in [5.74, 6) is 6.05. The number of hydrogen-bond acceptors (Lipinski definition) is 3. The third-order valence-corrected chi connectivity index (χ3v) is 7.19. The number of pyridine rings is 1. The second kappa shape index (κ2) is 11.3. The number of fused-ring (bicyclic) bond motifs is 1. The van der Waals surface area contributed by atoms with Crippen molar-refractivity contribution in [3.63, 3.8) is 0 Å². The summed E-state index contributed by atoms with van der Waals surface area (Å²) < 4.78 is 8.03. The van der Waals surface area contributed by atoms with E-state index < -0.39 is 5.97 Å². The number of hydrogen-bond donors (Lipinski definition) is 1. The molecule has 4 aromatic rings. The first kappa shape index (κ1) is 24.6. The lowest BCUT2D eigenvalue weighted by molar-refractivity contribution is -0.137. The Bertz CT molecular complexity index is 1420. The first-order chi connectivity index (χ1) is 18.1. The molecular weight excluding hydrogens is 460 g/mol. The van der Waals surface area contributed by atoms with E-state index in [9.17, 15) is 4.79 Å². The van der Waals surface area contributed by atoms with Gasteiger partial charge >= 0.3 is 5.97 Å². The summed E-state index contributed by atoms with van der Waals surface area (Å²) in [6.07, 6.45) is 10.8. The van der Waals surface area contributed by atoms with Crippen LogP contribution in [-0.4, -0.2) is 20.5 Å². The normalized spacial score (nSPS) is 14.6. The highest BCUT2D eigenvalue weighted by Crippen LogP contribution is 2.33. The molecule has 2 heterocycles. The van der Waals surface area contributed by atoms with E-state index in [0.29, 0.717) is 12.5 Å². The molecule has 1 fully saturated rings. The predicted octanol–water partition coefficient (Wildman–Crippen LogP) is 7.21. The molecule has 2 aromatic heterocycles. The number of nitrogens with zero attached hydrogens (tertiary/aromatic N) is 2. The van der Waals surface area contributed by atoms with Crippen LogP contribution in [0.1, 0.15) is 74.0 Å². The maximum absolute atomic E-state index is 11.1. The van der Waals surface area contributed by atoms with Crippen LogP contribution in [0.15, 0.2) is 73.1 Å². The van der Waals surface area contributed by atoms with Crippen LogP contribution in [0.3, 0.4) is 0 Å². The number of carboxylic acids is 1. The molecule has 1 N–H and O–H groups in total. The molecule has 2 aromatic carbocycles. The Morgan fingerprint density at radius 2 is 1.84 bits per heavy atom. The molecule has 1 saturated carbocycles. The molecule has 188 valence electrons. The van der Waals surface area contributed by atoms with Crippen molar-refractivity contribution in [3.05, 3.63) is 89.7 Å². The topological polar surface area (TPSA) is 63.8 Å². The molecule has 37 heavy (non-hydrogen) atoms. The molecule has 1 unspecified atom stereocenters. The van der Waals surface area contributed by atoms with Gasteiger partial charge in [0.1, 0.15) is 18.0 Å². The number of carboxylic acid groups (broad SMARTS) is 1. The minimum atomic E-state index is -0.859. The Morgan fingerprint density at radius 3 is 2.54 bits per heavy atom. The van der Waals surface area contributed by atoms with Crippen LogP contribution in [-0.2, 0) is 11.4 Å². The zero-order valence-electron chi connectivity index (χ0n) is 21.2.